The van der Waals surface area contributed by atoms with Crippen LogP contribution in [0.4, 0.5) is 11.5 Å². The molecule has 1 saturated carbocycles. The highest BCUT2D eigenvalue weighted by Crippen LogP contribution is 2.33. The second kappa shape index (κ2) is 21.2. The molecule has 5 amide bonds. The topological polar surface area (TPSA) is 198 Å². The Balaban J connectivity index is 0.670. The van der Waals surface area contributed by atoms with Gasteiger partial charge in [-0.05, 0) is 61.8 Å². The minimum Gasteiger partial charge on any atom is -0.382 e. The van der Waals surface area contributed by atoms with Crippen molar-refractivity contribution in [1.82, 2.24) is 34.6 Å². The van der Waals surface area contributed by atoms with Crippen LogP contribution < -0.4 is 16.0 Å². The molecule has 2 aromatic heterocycles. The zero-order chi connectivity index (χ0) is 42.7. The van der Waals surface area contributed by atoms with Crippen molar-refractivity contribution in [1.29, 1.82) is 0 Å². The predicted molar refractivity (Wildman–Crippen MR) is 224 cm³/mol. The fourth-order valence-corrected chi connectivity index (χ4v) is 8.66. The van der Waals surface area contributed by atoms with E-state index >= 15 is 0 Å². The van der Waals surface area contributed by atoms with E-state index in [4.69, 9.17) is 18.9 Å². The van der Waals surface area contributed by atoms with E-state index < -0.39 is 29.7 Å². The van der Waals surface area contributed by atoms with E-state index in [0.29, 0.717) is 89.5 Å². The summed E-state index contributed by atoms with van der Waals surface area (Å²) in [5.41, 5.74) is 3.24. The van der Waals surface area contributed by atoms with Crippen LogP contribution in [0.1, 0.15) is 91.0 Å². The number of rotatable bonds is 21. The number of piperidine rings is 1. The smallest absolute Gasteiger partial charge is 0.264 e. The normalized spacial score (nSPS) is 21.1. The van der Waals surface area contributed by atoms with Gasteiger partial charge in [0, 0.05) is 63.1 Å². The van der Waals surface area contributed by atoms with E-state index in [0.717, 1.165) is 68.1 Å². The average Bonchev–Trinajstić information content (AvgIpc) is 3.82. The Morgan fingerprint density at radius 2 is 1.52 bits per heavy atom. The lowest BCUT2D eigenvalue weighted by Crippen LogP contribution is -2.54. The molecule has 3 N–H and O–H groups in total. The van der Waals surface area contributed by atoms with Crippen molar-refractivity contribution in [2.75, 3.05) is 96.2 Å². The fraction of sp³-hybridized carbons (Fsp3) is 0.605. The Labute approximate surface area is 355 Å². The van der Waals surface area contributed by atoms with Crippen LogP contribution in [0, 0.1) is 0 Å². The zero-order valence-corrected chi connectivity index (χ0v) is 35.3. The van der Waals surface area contributed by atoms with Gasteiger partial charge in [-0.1, -0.05) is 19.9 Å². The third kappa shape index (κ3) is 10.9. The van der Waals surface area contributed by atoms with Crippen molar-refractivity contribution in [3.8, 4) is 0 Å². The number of carbonyl (C=O) groups is 5. The maximum Gasteiger partial charge on any atom is 0.264 e. The van der Waals surface area contributed by atoms with Crippen molar-refractivity contribution < 1.29 is 42.9 Å². The van der Waals surface area contributed by atoms with Crippen molar-refractivity contribution in [2.24, 2.45) is 0 Å². The van der Waals surface area contributed by atoms with Crippen LogP contribution in [0.15, 0.2) is 36.8 Å². The number of amides is 5. The summed E-state index contributed by atoms with van der Waals surface area (Å²) >= 11 is 0. The Kier molecular flexibility index (Phi) is 15.3. The van der Waals surface area contributed by atoms with Crippen LogP contribution in [0.3, 0.4) is 0 Å². The number of nitrogens with one attached hydrogen (secondary N) is 3. The van der Waals surface area contributed by atoms with E-state index in [1.54, 1.807) is 24.5 Å². The van der Waals surface area contributed by atoms with E-state index in [9.17, 15) is 24.0 Å². The largest absolute Gasteiger partial charge is 0.382 e. The van der Waals surface area contributed by atoms with Crippen LogP contribution in [0.5, 0.6) is 0 Å². The average molecular weight is 846 g/mol. The molecule has 7 rings (SSSR count). The highest BCUT2D eigenvalue weighted by atomic mass is 16.6. The Morgan fingerprint density at radius 1 is 0.836 bits per heavy atom. The Bertz CT molecular complexity index is 2010. The molecule has 0 spiro atoms. The molecule has 1 atom stereocenters. The van der Waals surface area contributed by atoms with Crippen LogP contribution in [-0.2, 0) is 33.3 Å². The summed E-state index contributed by atoms with van der Waals surface area (Å²) in [5.74, 6) is -0.714. The monoisotopic (exact) mass is 845 g/mol. The third-order valence-electron chi connectivity index (χ3n) is 11.9. The van der Waals surface area contributed by atoms with E-state index in [-0.39, 0.29) is 29.9 Å². The number of carbonyl (C=O) groups excluding carboxylic acids is 5. The van der Waals surface area contributed by atoms with Gasteiger partial charge < -0.3 is 34.5 Å². The molecule has 4 aliphatic rings. The second-order valence-corrected chi connectivity index (χ2v) is 16.2. The second-order valence-electron chi connectivity index (χ2n) is 16.2. The number of aromatic nitrogens is 3. The number of hydrogen-bond acceptors (Lipinski definition) is 14. The maximum atomic E-state index is 13.2. The van der Waals surface area contributed by atoms with E-state index in [2.05, 4.69) is 50.8 Å². The van der Waals surface area contributed by atoms with Gasteiger partial charge in [-0.2, -0.15) is 5.10 Å². The summed E-state index contributed by atoms with van der Waals surface area (Å²) in [6.45, 7) is 11.2. The van der Waals surface area contributed by atoms with Gasteiger partial charge in [-0.25, -0.2) is 9.50 Å². The molecule has 1 aliphatic carbocycles. The van der Waals surface area contributed by atoms with Crippen molar-refractivity contribution in [3.63, 3.8) is 0 Å². The van der Waals surface area contributed by atoms with Gasteiger partial charge in [0.2, 0.25) is 17.7 Å². The Morgan fingerprint density at radius 3 is 2.21 bits per heavy atom. The van der Waals surface area contributed by atoms with E-state index in [1.807, 2.05) is 15.6 Å². The van der Waals surface area contributed by atoms with Gasteiger partial charge in [-0.3, -0.25) is 39.1 Å². The molecule has 18 heteroatoms. The first-order chi connectivity index (χ1) is 29.7. The molecule has 1 aromatic carbocycles. The van der Waals surface area contributed by atoms with Crippen LogP contribution >= 0.6 is 0 Å². The van der Waals surface area contributed by atoms with Gasteiger partial charge in [0.1, 0.15) is 17.9 Å². The lowest BCUT2D eigenvalue weighted by molar-refractivity contribution is -0.136. The molecule has 2 saturated heterocycles. The number of hydrogen-bond donors (Lipinski definition) is 3. The first-order valence-corrected chi connectivity index (χ1v) is 21.7. The van der Waals surface area contributed by atoms with Gasteiger partial charge >= 0.3 is 0 Å². The SMILES string of the molecule is CC(C)c1ccn2ncnc(NC3CCC(N4CCN(C(=O)CCOCCOCCOCCOCCNc5cccc6c5C(=O)N(C5CCC(=O)NC5=O)C6=O)CC4)CC3)c12. The summed E-state index contributed by atoms with van der Waals surface area (Å²) < 4.78 is 24.4. The van der Waals surface area contributed by atoms with Crippen molar-refractivity contribution >= 4 is 46.6 Å². The quantitative estimate of drug-likeness (QED) is 0.105. The molecule has 0 bridgehead atoms. The minimum absolute atomic E-state index is 0.0642. The molecule has 3 aromatic rings. The number of imide groups is 2. The number of benzene rings is 1. The lowest BCUT2D eigenvalue weighted by Gasteiger charge is -2.42. The van der Waals surface area contributed by atoms with Gasteiger partial charge in [0.05, 0.1) is 70.4 Å². The molecular weight excluding hydrogens is 787 g/mol. The molecule has 1 unspecified atom stereocenters. The molecule has 18 nitrogen and oxygen atoms in total. The maximum absolute atomic E-state index is 13.2. The van der Waals surface area contributed by atoms with Gasteiger partial charge in [0.25, 0.3) is 11.8 Å². The van der Waals surface area contributed by atoms with Crippen LogP contribution in [0.25, 0.3) is 5.52 Å². The fourth-order valence-electron chi connectivity index (χ4n) is 8.66. The predicted octanol–water partition coefficient (Wildman–Crippen LogP) is 2.69. The highest BCUT2D eigenvalue weighted by molar-refractivity contribution is 6.25. The molecule has 3 fully saturated rings. The van der Waals surface area contributed by atoms with E-state index in [1.165, 1.54) is 5.56 Å². The van der Waals surface area contributed by atoms with Crippen LogP contribution in [0.2, 0.25) is 0 Å². The first kappa shape index (κ1) is 44.1. The van der Waals surface area contributed by atoms with Crippen molar-refractivity contribution in [3.05, 3.63) is 53.5 Å². The van der Waals surface area contributed by atoms with Gasteiger partial charge in [0.15, 0.2) is 5.82 Å². The number of piperazine rings is 1. The molecule has 5 heterocycles. The molecule has 3 aliphatic heterocycles. The Hall–Kier alpha value is -5.01. The number of anilines is 2. The van der Waals surface area contributed by atoms with Crippen molar-refractivity contribution in [2.45, 2.75) is 82.8 Å². The molecule has 330 valence electrons. The summed E-state index contributed by atoms with van der Waals surface area (Å²) in [5, 5.41) is 13.5. The molecule has 0 radical (unpaired) electrons. The summed E-state index contributed by atoms with van der Waals surface area (Å²) in [4.78, 5) is 73.0. The highest BCUT2D eigenvalue weighted by Gasteiger charge is 2.45. The lowest BCUT2D eigenvalue weighted by atomic mass is 9.89. The van der Waals surface area contributed by atoms with Gasteiger partial charge in [-0.15, -0.1) is 0 Å². The number of nitrogens with zero attached hydrogens (tertiary/aromatic N) is 6. The first-order valence-electron chi connectivity index (χ1n) is 21.7. The standard InChI is InChI=1S/C43H59N9O9/c1-29(2)32-12-15-51-39(32)40(45-28-46-51)47-30-6-8-31(9-7-30)49-16-18-50(19-17-49)37(54)13-20-58-22-24-60-26-27-61-25-23-59-21-14-44-34-5-3-4-33-38(34)43(57)52(42(33)56)35-10-11-36(53)48-41(35)55/h3-5,12,15,28-31,35,44H,6-11,13-14,16-27H2,1-2H3,(H,45,46,47)(H,48,53,55). The molecule has 61 heavy (non-hydrogen) atoms. The zero-order valence-electron chi connectivity index (χ0n) is 35.3. The number of ether oxygens (including phenoxy) is 4. The summed E-state index contributed by atoms with van der Waals surface area (Å²) in [7, 11) is 0. The summed E-state index contributed by atoms with van der Waals surface area (Å²) in [6, 6.07) is 6.98. The summed E-state index contributed by atoms with van der Waals surface area (Å²) in [6.07, 6.45) is 8.61. The number of fused-ring (bicyclic) bond motifs is 2. The van der Waals surface area contributed by atoms with Crippen LogP contribution in [-0.4, -0.2) is 163 Å². The minimum atomic E-state index is -1.01. The molecular formula is C43H59N9O9. The third-order valence-corrected chi connectivity index (χ3v) is 11.9.